The summed E-state index contributed by atoms with van der Waals surface area (Å²) < 4.78 is 69.0. The molecule has 2 unspecified atom stereocenters. The Balaban J connectivity index is 2.70. The molecule has 0 radical (unpaired) electrons. The fraction of sp³-hybridized carbons (Fsp3) is 0.368. The molecule has 1 N–H and O–H groups in total. The highest BCUT2D eigenvalue weighted by Gasteiger charge is 2.37. The van der Waals surface area contributed by atoms with Gasteiger partial charge in [-0.1, -0.05) is 46.5 Å². The molecule has 2 aromatic rings. The van der Waals surface area contributed by atoms with E-state index in [1.54, 1.807) is 26.0 Å². The van der Waals surface area contributed by atoms with Gasteiger partial charge in [-0.05, 0) is 25.8 Å². The Kier molecular flexibility index (Phi) is 6.28. The minimum Gasteiger partial charge on any atom is -0.508 e. The Hall–Kier alpha value is -1.68. The molecule has 0 amide bonds. The van der Waals surface area contributed by atoms with Crippen LogP contribution in [0.4, 0.5) is 22.0 Å². The van der Waals surface area contributed by atoms with Crippen molar-refractivity contribution in [3.8, 4) is 5.75 Å². The topological polar surface area (TPSA) is 20.2 Å². The van der Waals surface area contributed by atoms with Gasteiger partial charge in [0.1, 0.15) is 5.75 Å². The Morgan fingerprint density at radius 2 is 1.46 bits per heavy atom. The fourth-order valence-corrected chi connectivity index (χ4v) is 4.94. The summed E-state index contributed by atoms with van der Waals surface area (Å²) in [4.78, 5) is 0. The molecule has 1 nitrogen and oxygen atoms in total. The minimum absolute atomic E-state index is 0.0535. The molecule has 0 aliphatic heterocycles. The highest BCUT2D eigenvalue weighted by Crippen LogP contribution is 2.51. The molecule has 0 saturated heterocycles. The van der Waals surface area contributed by atoms with E-state index in [2.05, 4.69) is 0 Å². The van der Waals surface area contributed by atoms with Gasteiger partial charge in [0.15, 0.2) is 23.3 Å². The maximum absolute atomic E-state index is 14.2. The summed E-state index contributed by atoms with van der Waals surface area (Å²) in [6.07, 6.45) is 1.41. The van der Waals surface area contributed by atoms with Crippen molar-refractivity contribution in [2.45, 2.75) is 45.2 Å². The molecule has 0 bridgehead atoms. The third kappa shape index (κ3) is 3.57. The molecule has 0 fully saturated rings. The molecule has 0 aliphatic carbocycles. The first-order valence-corrected chi connectivity index (χ1v) is 9.28. The summed E-state index contributed by atoms with van der Waals surface area (Å²) in [5.41, 5.74) is 1.29. The Morgan fingerprint density at radius 3 is 1.96 bits per heavy atom. The van der Waals surface area contributed by atoms with E-state index in [-0.39, 0.29) is 5.75 Å². The second kappa shape index (κ2) is 7.91. The second-order valence-corrected chi connectivity index (χ2v) is 7.98. The summed E-state index contributed by atoms with van der Waals surface area (Å²) in [6.45, 7) is 5.44. The summed E-state index contributed by atoms with van der Waals surface area (Å²) in [5, 5.41) is 8.56. The highest BCUT2D eigenvalue weighted by molar-refractivity contribution is 7.48. The minimum atomic E-state index is -2.16. The normalized spacial score (nSPS) is 14.2. The van der Waals surface area contributed by atoms with Gasteiger partial charge in [-0.25, -0.2) is 22.0 Å². The van der Waals surface area contributed by atoms with Crippen molar-refractivity contribution in [2.75, 3.05) is 0 Å². The SMILES string of the molecule is CCCC(CC)(Pc1c(F)c(F)c(F)c(F)c1F)c1cc(C)ccc1O. The van der Waals surface area contributed by atoms with Gasteiger partial charge in [0.2, 0.25) is 5.82 Å². The molecule has 0 spiro atoms. The molecule has 142 valence electrons. The first-order valence-electron chi connectivity index (χ1n) is 8.28. The van der Waals surface area contributed by atoms with Gasteiger partial charge < -0.3 is 5.11 Å². The third-order valence-corrected chi connectivity index (χ3v) is 6.56. The summed E-state index contributed by atoms with van der Waals surface area (Å²) in [5.74, 6) is -9.71. The molecular weight excluding hydrogens is 370 g/mol. The maximum atomic E-state index is 14.2. The lowest BCUT2D eigenvalue weighted by Crippen LogP contribution is -2.27. The van der Waals surface area contributed by atoms with Gasteiger partial charge in [0, 0.05) is 10.7 Å². The van der Waals surface area contributed by atoms with E-state index >= 15 is 0 Å². The van der Waals surface area contributed by atoms with E-state index in [1.807, 2.05) is 6.92 Å². The van der Waals surface area contributed by atoms with E-state index < -0.39 is 48.1 Å². The van der Waals surface area contributed by atoms with Crippen LogP contribution in [-0.2, 0) is 5.16 Å². The van der Waals surface area contributed by atoms with Gasteiger partial charge in [-0.2, -0.15) is 0 Å². The zero-order valence-electron chi connectivity index (χ0n) is 14.7. The lowest BCUT2D eigenvalue weighted by molar-refractivity contribution is 0.384. The van der Waals surface area contributed by atoms with E-state index in [0.717, 1.165) is 5.56 Å². The van der Waals surface area contributed by atoms with E-state index in [0.29, 0.717) is 24.8 Å². The number of rotatable bonds is 6. The zero-order valence-corrected chi connectivity index (χ0v) is 15.7. The number of hydrogen-bond acceptors (Lipinski definition) is 1. The predicted octanol–water partition coefficient (Wildman–Crippen LogP) is 5.81. The molecule has 2 aromatic carbocycles. The quantitative estimate of drug-likeness (QED) is 0.286. The molecule has 7 heteroatoms. The largest absolute Gasteiger partial charge is 0.508 e. The van der Waals surface area contributed by atoms with Gasteiger partial charge >= 0.3 is 0 Å². The Morgan fingerprint density at radius 1 is 0.923 bits per heavy atom. The number of aromatic hydroxyl groups is 1. The van der Waals surface area contributed by atoms with Crippen molar-refractivity contribution in [3.63, 3.8) is 0 Å². The average Bonchev–Trinajstić information content (AvgIpc) is 2.63. The number of benzene rings is 2. The molecule has 0 saturated carbocycles. The number of phenolic OH excluding ortho intramolecular Hbond substituents is 1. The van der Waals surface area contributed by atoms with Crippen LogP contribution in [0.25, 0.3) is 0 Å². The summed E-state index contributed by atoms with van der Waals surface area (Å²) in [6, 6.07) is 4.87. The van der Waals surface area contributed by atoms with Crippen molar-refractivity contribution in [1.82, 2.24) is 0 Å². The predicted molar refractivity (Wildman–Crippen MR) is 93.9 cm³/mol. The van der Waals surface area contributed by atoms with Crippen LogP contribution in [0.3, 0.4) is 0 Å². The summed E-state index contributed by atoms with van der Waals surface area (Å²) in [7, 11) is -0.727. The molecule has 2 rings (SSSR count). The van der Waals surface area contributed by atoms with Gasteiger partial charge in [-0.3, -0.25) is 0 Å². The number of halogens is 5. The number of hydrogen-bond donors (Lipinski definition) is 1. The molecule has 0 aliphatic rings. The van der Waals surface area contributed by atoms with Crippen LogP contribution >= 0.6 is 8.58 Å². The van der Waals surface area contributed by atoms with Crippen LogP contribution in [0.2, 0.25) is 0 Å². The van der Waals surface area contributed by atoms with E-state index in [4.69, 9.17) is 0 Å². The molecular formula is C19H20F5OP. The van der Waals surface area contributed by atoms with Crippen LogP contribution in [-0.4, -0.2) is 5.11 Å². The molecule has 2 atom stereocenters. The van der Waals surface area contributed by atoms with Gasteiger partial charge in [-0.15, -0.1) is 0 Å². The Bertz CT molecular complexity index is 795. The molecule has 0 heterocycles. The van der Waals surface area contributed by atoms with Crippen LogP contribution in [0.15, 0.2) is 18.2 Å². The van der Waals surface area contributed by atoms with Crippen molar-refractivity contribution in [1.29, 1.82) is 0 Å². The second-order valence-electron chi connectivity index (χ2n) is 6.28. The lowest BCUT2D eigenvalue weighted by atomic mass is 9.89. The van der Waals surface area contributed by atoms with Gasteiger partial charge in [0.05, 0.1) is 5.30 Å². The number of aryl methyl sites for hydroxylation is 1. The highest BCUT2D eigenvalue weighted by atomic mass is 31.1. The Labute approximate surface area is 151 Å². The first kappa shape index (κ1) is 20.6. The van der Waals surface area contributed by atoms with Crippen molar-refractivity contribution < 1.29 is 27.1 Å². The van der Waals surface area contributed by atoms with E-state index in [1.165, 1.54) is 6.07 Å². The zero-order chi connectivity index (χ0) is 19.6. The number of phenols is 1. The van der Waals surface area contributed by atoms with Crippen molar-refractivity contribution in [3.05, 3.63) is 58.4 Å². The van der Waals surface area contributed by atoms with Crippen LogP contribution in [0.1, 0.15) is 44.2 Å². The first-order chi connectivity index (χ1) is 12.2. The fourth-order valence-electron chi connectivity index (χ4n) is 3.13. The van der Waals surface area contributed by atoms with Gasteiger partial charge in [0.25, 0.3) is 0 Å². The molecule has 26 heavy (non-hydrogen) atoms. The third-order valence-electron chi connectivity index (χ3n) is 4.52. The van der Waals surface area contributed by atoms with E-state index in [9.17, 15) is 27.1 Å². The van der Waals surface area contributed by atoms with Crippen molar-refractivity contribution >= 4 is 13.9 Å². The monoisotopic (exact) mass is 390 g/mol. The smallest absolute Gasteiger partial charge is 0.200 e. The van der Waals surface area contributed by atoms with Crippen LogP contribution in [0, 0.1) is 36.0 Å². The summed E-state index contributed by atoms with van der Waals surface area (Å²) >= 11 is 0. The maximum Gasteiger partial charge on any atom is 0.200 e. The average molecular weight is 390 g/mol. The van der Waals surface area contributed by atoms with Crippen LogP contribution in [0.5, 0.6) is 5.75 Å². The van der Waals surface area contributed by atoms with Crippen LogP contribution < -0.4 is 5.30 Å². The standard InChI is InChI=1S/C19H20F5OP/c1-4-8-19(5-2,11-9-10(3)6-7-12(11)25)26-18-16(23)14(21)13(20)15(22)17(18)24/h6-7,9,25-26H,4-5,8H2,1-3H3. The molecule has 0 aromatic heterocycles. The van der Waals surface area contributed by atoms with Crippen molar-refractivity contribution in [2.24, 2.45) is 0 Å². The lowest BCUT2D eigenvalue weighted by Gasteiger charge is -2.34.